The van der Waals surface area contributed by atoms with E-state index < -0.39 is 0 Å². The fourth-order valence-corrected chi connectivity index (χ4v) is 1.45. The maximum absolute atomic E-state index is 4.16. The van der Waals surface area contributed by atoms with E-state index in [2.05, 4.69) is 53.7 Å². The Labute approximate surface area is 98.0 Å². The lowest BCUT2D eigenvalue weighted by atomic mass is 10.1. The third-order valence-corrected chi connectivity index (χ3v) is 2.47. The number of aryl methyl sites for hydroxylation is 1. The van der Waals surface area contributed by atoms with Crippen molar-refractivity contribution in [2.24, 2.45) is 4.99 Å². The van der Waals surface area contributed by atoms with Crippen LogP contribution >= 0.6 is 0 Å². The van der Waals surface area contributed by atoms with E-state index in [1.165, 1.54) is 11.1 Å². The number of hydrogen-bond donors (Lipinski definition) is 2. The molecule has 3 nitrogen and oxygen atoms in total. The first kappa shape index (κ1) is 12.6. The summed E-state index contributed by atoms with van der Waals surface area (Å²) in [6, 6.07) is 8.38. The molecule has 2 N–H and O–H groups in total. The van der Waals surface area contributed by atoms with Crippen LogP contribution in [-0.2, 0) is 6.54 Å². The van der Waals surface area contributed by atoms with Crippen molar-refractivity contribution in [2.75, 3.05) is 13.6 Å². The Morgan fingerprint density at radius 1 is 1.25 bits per heavy atom. The van der Waals surface area contributed by atoms with Gasteiger partial charge in [-0.15, -0.1) is 0 Å². The van der Waals surface area contributed by atoms with Gasteiger partial charge in [-0.2, -0.15) is 0 Å². The molecule has 1 aromatic carbocycles. The summed E-state index contributed by atoms with van der Waals surface area (Å²) in [6.07, 6.45) is 1.10. The Morgan fingerprint density at radius 3 is 2.62 bits per heavy atom. The molecular formula is C13H21N3. The van der Waals surface area contributed by atoms with E-state index in [-0.39, 0.29) is 0 Å². The molecule has 0 heterocycles. The molecule has 0 bridgehead atoms. The zero-order chi connectivity index (χ0) is 11.8. The molecule has 0 unspecified atom stereocenters. The first-order valence-corrected chi connectivity index (χ1v) is 5.77. The fraction of sp³-hybridized carbons (Fsp3) is 0.462. The molecule has 0 radical (unpaired) electrons. The summed E-state index contributed by atoms with van der Waals surface area (Å²) in [7, 11) is 1.79. The fourth-order valence-electron chi connectivity index (χ4n) is 1.45. The molecule has 0 atom stereocenters. The van der Waals surface area contributed by atoms with Gasteiger partial charge in [-0.3, -0.25) is 4.99 Å². The van der Waals surface area contributed by atoms with Crippen LogP contribution in [0.1, 0.15) is 24.5 Å². The van der Waals surface area contributed by atoms with Crippen LogP contribution in [0, 0.1) is 6.92 Å². The van der Waals surface area contributed by atoms with E-state index in [4.69, 9.17) is 0 Å². The van der Waals surface area contributed by atoms with Gasteiger partial charge in [0.25, 0.3) is 0 Å². The van der Waals surface area contributed by atoms with Crippen molar-refractivity contribution >= 4 is 5.96 Å². The predicted molar refractivity (Wildman–Crippen MR) is 69.7 cm³/mol. The van der Waals surface area contributed by atoms with Crippen LogP contribution in [0.4, 0.5) is 0 Å². The molecule has 16 heavy (non-hydrogen) atoms. The molecule has 1 rings (SSSR count). The minimum Gasteiger partial charge on any atom is -0.356 e. The van der Waals surface area contributed by atoms with Crippen LogP contribution < -0.4 is 10.6 Å². The number of guanidine groups is 1. The van der Waals surface area contributed by atoms with Crippen LogP contribution in [0.25, 0.3) is 0 Å². The van der Waals surface area contributed by atoms with E-state index in [1.807, 2.05) is 0 Å². The number of nitrogens with zero attached hydrogens (tertiary/aromatic N) is 1. The molecule has 1 aromatic rings. The molecule has 0 aromatic heterocycles. The minimum absolute atomic E-state index is 0.816. The normalized spacial score (nSPS) is 11.3. The molecule has 0 aliphatic heterocycles. The Balaban J connectivity index is 2.47. The van der Waals surface area contributed by atoms with Crippen molar-refractivity contribution in [1.29, 1.82) is 0 Å². The maximum Gasteiger partial charge on any atom is 0.191 e. The first-order valence-electron chi connectivity index (χ1n) is 5.77. The van der Waals surface area contributed by atoms with Gasteiger partial charge < -0.3 is 10.6 Å². The molecule has 3 heteroatoms. The maximum atomic E-state index is 4.16. The van der Waals surface area contributed by atoms with Gasteiger partial charge in [0.15, 0.2) is 5.96 Å². The predicted octanol–water partition coefficient (Wildman–Crippen LogP) is 2.07. The lowest BCUT2D eigenvalue weighted by molar-refractivity contribution is 0.780. The van der Waals surface area contributed by atoms with Crippen molar-refractivity contribution in [1.82, 2.24) is 10.6 Å². The van der Waals surface area contributed by atoms with Crippen molar-refractivity contribution in [3.05, 3.63) is 35.4 Å². The monoisotopic (exact) mass is 219 g/mol. The molecule has 0 amide bonds. The minimum atomic E-state index is 0.816. The second-order valence-electron chi connectivity index (χ2n) is 3.78. The van der Waals surface area contributed by atoms with E-state index in [1.54, 1.807) is 7.05 Å². The molecule has 0 spiro atoms. The number of aliphatic imine (C=N–C) groups is 1. The zero-order valence-corrected chi connectivity index (χ0v) is 10.4. The number of nitrogens with one attached hydrogen (secondary N) is 2. The first-order chi connectivity index (χ1) is 7.77. The smallest absolute Gasteiger partial charge is 0.191 e. The molecule has 0 saturated carbocycles. The summed E-state index contributed by atoms with van der Waals surface area (Å²) in [5.74, 6) is 0.866. The average molecular weight is 219 g/mol. The summed E-state index contributed by atoms with van der Waals surface area (Å²) < 4.78 is 0. The van der Waals surface area contributed by atoms with Crippen LogP contribution in [-0.4, -0.2) is 19.6 Å². The van der Waals surface area contributed by atoms with Crippen molar-refractivity contribution in [3.8, 4) is 0 Å². The Morgan fingerprint density at radius 2 is 2.00 bits per heavy atom. The highest BCUT2D eigenvalue weighted by atomic mass is 15.2. The molecule has 0 aliphatic rings. The summed E-state index contributed by atoms with van der Waals surface area (Å²) >= 11 is 0. The Hall–Kier alpha value is -1.51. The number of benzene rings is 1. The molecule has 88 valence electrons. The number of rotatable bonds is 4. The van der Waals surface area contributed by atoms with Gasteiger partial charge in [-0.1, -0.05) is 31.2 Å². The topological polar surface area (TPSA) is 36.4 Å². The Kier molecular flexibility index (Phi) is 5.40. The van der Waals surface area contributed by atoms with Gasteiger partial charge in [-0.25, -0.2) is 0 Å². The van der Waals surface area contributed by atoms with Gasteiger partial charge in [0.05, 0.1) is 0 Å². The third kappa shape index (κ3) is 3.93. The van der Waals surface area contributed by atoms with Gasteiger partial charge in [-0.05, 0) is 24.5 Å². The van der Waals surface area contributed by atoms with Crippen molar-refractivity contribution in [2.45, 2.75) is 26.8 Å². The second kappa shape index (κ2) is 6.88. The van der Waals surface area contributed by atoms with Crippen LogP contribution in [0.2, 0.25) is 0 Å². The second-order valence-corrected chi connectivity index (χ2v) is 3.78. The largest absolute Gasteiger partial charge is 0.356 e. The summed E-state index contributed by atoms with van der Waals surface area (Å²) in [6.45, 7) is 6.03. The summed E-state index contributed by atoms with van der Waals surface area (Å²) in [5, 5.41) is 6.55. The molecule has 0 aliphatic carbocycles. The lowest BCUT2D eigenvalue weighted by Gasteiger charge is -2.12. The lowest BCUT2D eigenvalue weighted by Crippen LogP contribution is -2.37. The zero-order valence-electron chi connectivity index (χ0n) is 10.4. The van der Waals surface area contributed by atoms with E-state index in [9.17, 15) is 0 Å². The van der Waals surface area contributed by atoms with Crippen molar-refractivity contribution in [3.63, 3.8) is 0 Å². The quantitative estimate of drug-likeness (QED) is 0.601. The molecule has 0 fully saturated rings. The van der Waals surface area contributed by atoms with Gasteiger partial charge in [0.2, 0.25) is 0 Å². The Bertz CT molecular complexity index is 345. The summed E-state index contributed by atoms with van der Waals surface area (Å²) in [4.78, 5) is 4.16. The van der Waals surface area contributed by atoms with E-state index >= 15 is 0 Å². The summed E-state index contributed by atoms with van der Waals surface area (Å²) in [5.41, 5.74) is 2.61. The SMILES string of the molecule is CCCNC(=NC)NCc1ccccc1C. The molecular weight excluding hydrogens is 198 g/mol. The number of hydrogen-bond acceptors (Lipinski definition) is 1. The van der Waals surface area contributed by atoms with Crippen LogP contribution in [0.15, 0.2) is 29.3 Å². The third-order valence-electron chi connectivity index (χ3n) is 2.47. The van der Waals surface area contributed by atoms with Crippen molar-refractivity contribution < 1.29 is 0 Å². The van der Waals surface area contributed by atoms with E-state index in [0.717, 1.165) is 25.5 Å². The van der Waals surface area contributed by atoms with Gasteiger partial charge in [0.1, 0.15) is 0 Å². The molecule has 0 saturated heterocycles. The van der Waals surface area contributed by atoms with E-state index in [0.29, 0.717) is 0 Å². The van der Waals surface area contributed by atoms with Gasteiger partial charge >= 0.3 is 0 Å². The highest BCUT2D eigenvalue weighted by Gasteiger charge is 1.99. The average Bonchev–Trinajstić information content (AvgIpc) is 2.31. The highest BCUT2D eigenvalue weighted by molar-refractivity contribution is 5.79. The van der Waals surface area contributed by atoms with Crippen LogP contribution in [0.5, 0.6) is 0 Å². The van der Waals surface area contributed by atoms with Gasteiger partial charge in [0, 0.05) is 20.1 Å². The highest BCUT2D eigenvalue weighted by Crippen LogP contribution is 2.05. The van der Waals surface area contributed by atoms with Crippen LogP contribution in [0.3, 0.4) is 0 Å². The standard InChI is InChI=1S/C13H21N3/c1-4-9-15-13(14-3)16-10-12-8-6-5-7-11(12)2/h5-8H,4,9-10H2,1-3H3,(H2,14,15,16).